The van der Waals surface area contributed by atoms with Crippen LogP contribution in [0, 0.1) is 11.3 Å². The number of rotatable bonds is 2. The van der Waals surface area contributed by atoms with Crippen molar-refractivity contribution in [2.75, 3.05) is 0 Å². The number of nitriles is 1. The van der Waals surface area contributed by atoms with Crippen LogP contribution in [-0.4, -0.2) is 12.2 Å². The van der Waals surface area contributed by atoms with E-state index in [4.69, 9.17) is 11.0 Å². The zero-order valence-electron chi connectivity index (χ0n) is 8.21. The summed E-state index contributed by atoms with van der Waals surface area (Å²) in [6, 6.07) is 2.59. The molecular formula is C10H5F3N2O2. The van der Waals surface area contributed by atoms with Crippen molar-refractivity contribution < 1.29 is 22.8 Å². The van der Waals surface area contributed by atoms with Gasteiger partial charge >= 0.3 is 6.18 Å². The molecule has 0 spiro atoms. The first-order chi connectivity index (χ1) is 7.81. The minimum absolute atomic E-state index is 0.0697. The molecule has 7 heteroatoms. The first-order valence-corrected chi connectivity index (χ1v) is 4.21. The van der Waals surface area contributed by atoms with E-state index in [1.807, 2.05) is 0 Å². The number of alkyl halides is 3. The van der Waals surface area contributed by atoms with E-state index in [9.17, 15) is 22.8 Å². The monoisotopic (exact) mass is 242 g/mol. The molecular weight excluding hydrogens is 237 g/mol. The van der Waals surface area contributed by atoms with Crippen LogP contribution in [0.1, 0.15) is 31.8 Å². The summed E-state index contributed by atoms with van der Waals surface area (Å²) in [5.74, 6) is -1.11. The van der Waals surface area contributed by atoms with Crippen molar-refractivity contribution in [3.05, 3.63) is 34.4 Å². The SMILES string of the molecule is N#Cc1c(C=O)cc(C(N)=O)cc1C(F)(F)F. The van der Waals surface area contributed by atoms with Gasteiger partial charge in [-0.3, -0.25) is 9.59 Å². The second kappa shape index (κ2) is 4.25. The highest BCUT2D eigenvalue weighted by Crippen LogP contribution is 2.33. The van der Waals surface area contributed by atoms with Crippen LogP contribution in [0.15, 0.2) is 12.1 Å². The fraction of sp³-hybridized carbons (Fsp3) is 0.100. The van der Waals surface area contributed by atoms with Crippen LogP contribution in [0.5, 0.6) is 0 Å². The maximum absolute atomic E-state index is 12.6. The Balaban J connectivity index is 3.67. The van der Waals surface area contributed by atoms with Crippen molar-refractivity contribution in [3.63, 3.8) is 0 Å². The molecule has 0 radical (unpaired) electrons. The summed E-state index contributed by atoms with van der Waals surface area (Å²) in [6.45, 7) is 0. The Morgan fingerprint density at radius 3 is 2.35 bits per heavy atom. The van der Waals surface area contributed by atoms with Gasteiger partial charge < -0.3 is 5.73 Å². The van der Waals surface area contributed by atoms with Gasteiger partial charge in [-0.15, -0.1) is 0 Å². The van der Waals surface area contributed by atoms with Crippen LogP contribution in [0.3, 0.4) is 0 Å². The first-order valence-electron chi connectivity index (χ1n) is 4.21. The van der Waals surface area contributed by atoms with E-state index >= 15 is 0 Å². The third-order valence-corrected chi connectivity index (χ3v) is 2.00. The minimum Gasteiger partial charge on any atom is -0.366 e. The highest BCUT2D eigenvalue weighted by Gasteiger charge is 2.35. The number of nitrogens with two attached hydrogens (primary N) is 1. The van der Waals surface area contributed by atoms with E-state index in [2.05, 4.69) is 0 Å². The zero-order chi connectivity index (χ0) is 13.2. The van der Waals surface area contributed by atoms with E-state index in [0.717, 1.165) is 6.07 Å². The molecule has 2 N–H and O–H groups in total. The number of primary amides is 1. The molecule has 0 aliphatic rings. The quantitative estimate of drug-likeness (QED) is 0.797. The van der Waals surface area contributed by atoms with E-state index in [1.54, 1.807) is 0 Å². The van der Waals surface area contributed by atoms with Gasteiger partial charge in [0.25, 0.3) is 0 Å². The van der Waals surface area contributed by atoms with Gasteiger partial charge in [0, 0.05) is 11.1 Å². The lowest BCUT2D eigenvalue weighted by Gasteiger charge is -2.11. The van der Waals surface area contributed by atoms with Gasteiger partial charge in [-0.1, -0.05) is 0 Å². The molecule has 0 saturated carbocycles. The number of benzene rings is 1. The lowest BCUT2D eigenvalue weighted by molar-refractivity contribution is -0.137. The highest BCUT2D eigenvalue weighted by atomic mass is 19.4. The Hall–Kier alpha value is -2.36. The van der Waals surface area contributed by atoms with Crippen LogP contribution < -0.4 is 5.73 Å². The van der Waals surface area contributed by atoms with Gasteiger partial charge in [0.15, 0.2) is 6.29 Å². The zero-order valence-corrected chi connectivity index (χ0v) is 8.21. The molecule has 0 aliphatic heterocycles. The van der Waals surface area contributed by atoms with Gasteiger partial charge in [-0.25, -0.2) is 0 Å². The fourth-order valence-corrected chi connectivity index (χ4v) is 1.25. The van der Waals surface area contributed by atoms with Crippen LogP contribution in [-0.2, 0) is 6.18 Å². The third kappa shape index (κ3) is 2.42. The number of hydrogen-bond acceptors (Lipinski definition) is 3. The summed E-state index contributed by atoms with van der Waals surface area (Å²) >= 11 is 0. The van der Waals surface area contributed by atoms with Crippen LogP contribution in [0.4, 0.5) is 13.2 Å². The predicted octanol–water partition coefficient (Wildman–Crippen LogP) is 1.49. The molecule has 88 valence electrons. The normalized spacial score (nSPS) is 10.7. The predicted molar refractivity (Wildman–Crippen MR) is 50.1 cm³/mol. The standard InChI is InChI=1S/C10H5F3N2O2/c11-10(12,13)8-2-5(9(15)17)1-6(4-16)7(8)3-14/h1-2,4H,(H2,15,17). The molecule has 4 nitrogen and oxygen atoms in total. The van der Waals surface area contributed by atoms with E-state index in [1.165, 1.54) is 6.07 Å². The Bertz CT molecular complexity index is 530. The molecule has 1 rings (SSSR count). The largest absolute Gasteiger partial charge is 0.417 e. The fourth-order valence-electron chi connectivity index (χ4n) is 1.25. The van der Waals surface area contributed by atoms with E-state index < -0.39 is 34.3 Å². The lowest BCUT2D eigenvalue weighted by Crippen LogP contribution is -2.16. The van der Waals surface area contributed by atoms with Gasteiger partial charge in [0.05, 0.1) is 11.1 Å². The third-order valence-electron chi connectivity index (χ3n) is 2.00. The number of aldehydes is 1. The number of carbonyl (C=O) groups is 2. The Kier molecular flexibility index (Phi) is 3.18. The molecule has 1 aromatic rings. The highest BCUT2D eigenvalue weighted by molar-refractivity contribution is 5.95. The molecule has 0 heterocycles. The molecule has 0 unspecified atom stereocenters. The lowest BCUT2D eigenvalue weighted by atomic mass is 9.98. The molecule has 1 aromatic carbocycles. The molecule has 0 aromatic heterocycles. The summed E-state index contributed by atoms with van der Waals surface area (Å²) in [4.78, 5) is 21.4. The number of carbonyl (C=O) groups excluding carboxylic acids is 2. The number of nitrogens with zero attached hydrogens (tertiary/aromatic N) is 1. The molecule has 0 bridgehead atoms. The van der Waals surface area contributed by atoms with Crippen molar-refractivity contribution in [1.29, 1.82) is 5.26 Å². The molecule has 0 saturated heterocycles. The van der Waals surface area contributed by atoms with Crippen LogP contribution >= 0.6 is 0 Å². The Morgan fingerprint density at radius 1 is 1.41 bits per heavy atom. The first kappa shape index (κ1) is 12.7. The number of halogens is 3. The summed E-state index contributed by atoms with van der Waals surface area (Å²) < 4.78 is 37.7. The minimum atomic E-state index is -4.84. The van der Waals surface area contributed by atoms with Gasteiger partial charge in [-0.2, -0.15) is 18.4 Å². The van der Waals surface area contributed by atoms with Crippen LogP contribution in [0.2, 0.25) is 0 Å². The maximum atomic E-state index is 12.6. The van der Waals surface area contributed by atoms with E-state index in [0.29, 0.717) is 6.07 Å². The molecule has 1 amide bonds. The van der Waals surface area contributed by atoms with Crippen LogP contribution in [0.25, 0.3) is 0 Å². The van der Waals surface area contributed by atoms with Gasteiger partial charge in [-0.05, 0) is 12.1 Å². The van der Waals surface area contributed by atoms with Crippen molar-refractivity contribution >= 4 is 12.2 Å². The summed E-state index contributed by atoms with van der Waals surface area (Å²) in [7, 11) is 0. The summed E-state index contributed by atoms with van der Waals surface area (Å²) in [5, 5.41) is 8.60. The summed E-state index contributed by atoms with van der Waals surface area (Å²) in [6.07, 6.45) is -4.77. The average molecular weight is 242 g/mol. The summed E-state index contributed by atoms with van der Waals surface area (Å²) in [5.41, 5.74) is 1.67. The molecule has 0 aliphatic carbocycles. The molecule has 0 fully saturated rings. The van der Waals surface area contributed by atoms with Crippen molar-refractivity contribution in [2.45, 2.75) is 6.18 Å². The maximum Gasteiger partial charge on any atom is 0.417 e. The molecule has 0 atom stereocenters. The van der Waals surface area contributed by atoms with E-state index in [-0.39, 0.29) is 6.29 Å². The topological polar surface area (TPSA) is 83.9 Å². The number of amides is 1. The number of hydrogen-bond donors (Lipinski definition) is 1. The van der Waals surface area contributed by atoms with Crippen molar-refractivity contribution in [1.82, 2.24) is 0 Å². The second-order valence-electron chi connectivity index (χ2n) is 3.08. The van der Waals surface area contributed by atoms with Gasteiger partial charge in [0.1, 0.15) is 6.07 Å². The van der Waals surface area contributed by atoms with Gasteiger partial charge in [0.2, 0.25) is 5.91 Å². The Labute approximate surface area is 93.4 Å². The van der Waals surface area contributed by atoms with Crippen molar-refractivity contribution in [3.8, 4) is 6.07 Å². The smallest absolute Gasteiger partial charge is 0.366 e. The average Bonchev–Trinajstić information content (AvgIpc) is 2.25. The van der Waals surface area contributed by atoms with Crippen molar-refractivity contribution in [2.24, 2.45) is 5.73 Å². The second-order valence-corrected chi connectivity index (χ2v) is 3.08. The Morgan fingerprint density at radius 2 is 2.00 bits per heavy atom. The molecule has 17 heavy (non-hydrogen) atoms.